The molecular weight excluding hydrogens is 918 g/mol. The summed E-state index contributed by atoms with van der Waals surface area (Å²) in [6.07, 6.45) is 1.62. The molecule has 2 aliphatic heterocycles. The molecule has 0 aliphatic carbocycles. The normalized spacial score (nSPS) is 14.1. The van der Waals surface area contributed by atoms with Crippen molar-refractivity contribution in [2.45, 2.75) is 79.1 Å². The summed E-state index contributed by atoms with van der Waals surface area (Å²) in [6.45, 7) is 18.5. The highest BCUT2D eigenvalue weighted by molar-refractivity contribution is 6.97. The quantitative estimate of drug-likeness (QED) is 0.108. The summed E-state index contributed by atoms with van der Waals surface area (Å²) >= 11 is 0. The molecule has 0 bridgehead atoms. The lowest BCUT2D eigenvalue weighted by Gasteiger charge is -2.39. The topological polar surface area (TPSA) is 15.9 Å². The molecule has 0 fully saturated rings. The van der Waals surface area contributed by atoms with Gasteiger partial charge in [-0.1, -0.05) is 274 Å². The first kappa shape index (κ1) is 50.0. The van der Waals surface area contributed by atoms with E-state index in [9.17, 15) is 0 Å². The number of benzene rings is 8. The van der Waals surface area contributed by atoms with Crippen LogP contribution in [0.25, 0.3) is 22.5 Å². The Bertz CT molecular complexity index is 3310. The first-order chi connectivity index (χ1) is 37.1. The summed E-state index contributed by atoms with van der Waals surface area (Å²) in [5.74, 6) is 1.58. The van der Waals surface area contributed by atoms with Crippen molar-refractivity contribution >= 4 is 58.5 Å². The second-order valence-corrected chi connectivity index (χ2v) is 22.2. The molecule has 6 heteroatoms. The van der Waals surface area contributed by atoms with E-state index >= 15 is 0 Å². The summed E-state index contributed by atoms with van der Waals surface area (Å²) in [7, 11) is 0. The van der Waals surface area contributed by atoms with E-state index in [1.807, 2.05) is 0 Å². The van der Waals surface area contributed by atoms with Gasteiger partial charge in [0.05, 0.1) is 11.4 Å². The Balaban J connectivity index is 0.000000162. The highest BCUT2D eigenvalue weighted by Gasteiger charge is 2.53. The number of nitrogens with zero attached hydrogens (tertiary/aromatic N) is 4. The van der Waals surface area contributed by atoms with Crippen LogP contribution in [0.1, 0.15) is 113 Å². The van der Waals surface area contributed by atoms with E-state index in [0.717, 1.165) is 0 Å². The van der Waals surface area contributed by atoms with Crippen LogP contribution in [-0.2, 0) is 0 Å². The Morgan fingerprint density at radius 2 is 0.526 bits per heavy atom. The summed E-state index contributed by atoms with van der Waals surface area (Å²) in [6, 6.07) is 89.0. The molecule has 2 aliphatic rings. The predicted octanol–water partition coefficient (Wildman–Crippen LogP) is 14.6. The molecule has 12 rings (SSSR count). The molecule has 0 radical (unpaired) electrons. The molecule has 0 amide bonds. The molecule has 0 atom stereocenters. The molecule has 0 unspecified atom stereocenters. The summed E-state index contributed by atoms with van der Waals surface area (Å²) in [5.41, 5.74) is 20.8. The highest BCUT2D eigenvalue weighted by atomic mass is 15.2. The molecule has 0 saturated carbocycles. The lowest BCUT2D eigenvalue weighted by Crippen LogP contribution is -2.69. The minimum atomic E-state index is -1.59. The SMILES string of the molecule is CC(C)c1cccc(C(C)C)c1[N+]1=Cc2ccc(-c3ccccc3)n2[B-]1(c1ccccc1)c1ccccc1.CC(C)c1cccc(C(C)C)c1[N+]1=Cc2ccc(-c3ccccc3)n2[B-]1(c1ccccc1)c1ccccc1. The third-order valence-corrected chi connectivity index (χ3v) is 16.4. The van der Waals surface area contributed by atoms with Crippen molar-refractivity contribution in [2.24, 2.45) is 0 Å². The smallest absolute Gasteiger partial charge is 0.435 e. The maximum absolute atomic E-state index is 2.64. The minimum Gasteiger partial charge on any atom is -0.442 e. The van der Waals surface area contributed by atoms with Crippen molar-refractivity contribution < 1.29 is 8.97 Å². The van der Waals surface area contributed by atoms with Crippen molar-refractivity contribution in [1.82, 2.24) is 8.96 Å². The molecule has 376 valence electrons. The van der Waals surface area contributed by atoms with Crippen molar-refractivity contribution in [1.29, 1.82) is 0 Å². The van der Waals surface area contributed by atoms with Gasteiger partial charge in [-0.05, 0) is 59.1 Å². The van der Waals surface area contributed by atoms with Crippen LogP contribution in [-0.4, -0.2) is 43.2 Å². The Hall–Kier alpha value is -8.21. The zero-order valence-corrected chi connectivity index (χ0v) is 45.5. The van der Waals surface area contributed by atoms with E-state index in [0.29, 0.717) is 23.7 Å². The fourth-order valence-electron chi connectivity index (χ4n) is 13.0. The average Bonchev–Trinajstić information content (AvgIpc) is 4.35. The Morgan fingerprint density at radius 3 is 0.776 bits per heavy atom. The average molecular weight is 989 g/mol. The maximum Gasteiger partial charge on any atom is 0.435 e. The monoisotopic (exact) mass is 989 g/mol. The lowest BCUT2D eigenvalue weighted by molar-refractivity contribution is -0.286. The van der Waals surface area contributed by atoms with Crippen LogP contribution in [0.5, 0.6) is 0 Å². The summed E-state index contributed by atoms with van der Waals surface area (Å²) in [4.78, 5) is 0. The van der Waals surface area contributed by atoms with Gasteiger partial charge in [-0.15, -0.1) is 21.9 Å². The molecule has 4 nitrogen and oxygen atoms in total. The van der Waals surface area contributed by atoms with Gasteiger partial charge in [-0.2, -0.15) is 0 Å². The van der Waals surface area contributed by atoms with Crippen LogP contribution < -0.4 is 21.9 Å². The fourth-order valence-corrected chi connectivity index (χ4v) is 13.0. The minimum absolute atomic E-state index is 0.394. The molecule has 0 N–H and O–H groups in total. The van der Waals surface area contributed by atoms with E-state index in [2.05, 4.69) is 328 Å². The maximum atomic E-state index is 2.64. The zero-order chi connectivity index (χ0) is 52.6. The number of aromatic nitrogens is 2. The second-order valence-electron chi connectivity index (χ2n) is 22.2. The van der Waals surface area contributed by atoms with Crippen molar-refractivity contribution in [2.75, 3.05) is 0 Å². The predicted molar refractivity (Wildman–Crippen MR) is 326 cm³/mol. The summed E-state index contributed by atoms with van der Waals surface area (Å²) in [5, 5.41) is 0. The highest BCUT2D eigenvalue weighted by Crippen LogP contribution is 2.43. The molecule has 8 aromatic carbocycles. The Labute approximate surface area is 452 Å². The van der Waals surface area contributed by atoms with Crippen molar-refractivity contribution in [3.8, 4) is 22.5 Å². The van der Waals surface area contributed by atoms with Gasteiger partial charge in [0.2, 0.25) is 0 Å². The van der Waals surface area contributed by atoms with E-state index in [-0.39, 0.29) is 0 Å². The van der Waals surface area contributed by atoms with Gasteiger partial charge in [-0.25, -0.2) is 0 Å². The van der Waals surface area contributed by atoms with Crippen molar-refractivity contribution in [3.05, 3.63) is 276 Å². The molecule has 76 heavy (non-hydrogen) atoms. The van der Waals surface area contributed by atoms with Crippen molar-refractivity contribution in [3.63, 3.8) is 0 Å². The van der Waals surface area contributed by atoms with Crippen LogP contribution in [0.15, 0.2) is 243 Å². The van der Waals surface area contributed by atoms with Crippen LogP contribution in [0.2, 0.25) is 0 Å². The number of hydrogen-bond acceptors (Lipinski definition) is 0. The third kappa shape index (κ3) is 8.36. The first-order valence-electron chi connectivity index (χ1n) is 27.7. The zero-order valence-electron chi connectivity index (χ0n) is 45.5. The number of hydrogen-bond donors (Lipinski definition) is 0. The van der Waals surface area contributed by atoms with Crippen LogP contribution in [0.3, 0.4) is 0 Å². The molecular formula is C70H70B2N4. The number of rotatable bonds is 12. The molecule has 4 heterocycles. The van der Waals surface area contributed by atoms with Gasteiger partial charge < -0.3 is 17.9 Å². The van der Waals surface area contributed by atoms with Crippen LogP contribution in [0, 0.1) is 0 Å². The van der Waals surface area contributed by atoms with E-state index in [1.54, 1.807) is 0 Å². The van der Waals surface area contributed by atoms with E-state index in [1.165, 1.54) is 89.4 Å². The third-order valence-electron chi connectivity index (χ3n) is 16.4. The standard InChI is InChI=1S/2C35H35BN2/c2*1-26(2)32-21-14-22-33(27(3)4)35(32)37-25-31-23-24-34(28-15-8-5-9-16-28)38(31)36(37,29-17-10-6-11-18-29)30-19-12-7-13-20-30/h2*5-27H,1-4H3. The lowest BCUT2D eigenvalue weighted by atomic mass is 9.36. The number of para-hydroxylation sites is 2. The largest absolute Gasteiger partial charge is 0.442 e. The second kappa shape index (κ2) is 20.8. The van der Waals surface area contributed by atoms with Gasteiger partial charge in [0.1, 0.15) is 12.4 Å². The number of fused-ring (bicyclic) bond motifs is 2. The van der Waals surface area contributed by atoms with Gasteiger partial charge in [-0.3, -0.25) is 0 Å². The van der Waals surface area contributed by atoms with Gasteiger partial charge >= 0.3 is 12.8 Å². The van der Waals surface area contributed by atoms with Crippen LogP contribution in [0.4, 0.5) is 11.4 Å². The van der Waals surface area contributed by atoms with Gasteiger partial charge in [0.25, 0.3) is 0 Å². The fraction of sp³-hybridized carbons (Fsp3) is 0.171. The van der Waals surface area contributed by atoms with Gasteiger partial charge in [0.15, 0.2) is 11.4 Å². The molecule has 0 saturated heterocycles. The van der Waals surface area contributed by atoms with E-state index in [4.69, 9.17) is 0 Å². The summed E-state index contributed by atoms with van der Waals surface area (Å²) < 4.78 is 10.5. The molecule has 10 aromatic rings. The Morgan fingerprint density at radius 1 is 0.276 bits per heavy atom. The van der Waals surface area contributed by atoms with Gasteiger partial charge in [0, 0.05) is 33.6 Å². The Kier molecular flexibility index (Phi) is 13.7. The molecule has 2 aromatic heterocycles. The first-order valence-corrected chi connectivity index (χ1v) is 27.7. The molecule has 0 spiro atoms. The van der Waals surface area contributed by atoms with E-state index < -0.39 is 12.8 Å². The van der Waals surface area contributed by atoms with Crippen LogP contribution >= 0.6 is 0 Å².